The van der Waals surface area contributed by atoms with E-state index >= 15 is 0 Å². The molecule has 2 fully saturated rings. The van der Waals surface area contributed by atoms with Gasteiger partial charge < -0.3 is 10.6 Å². The van der Waals surface area contributed by atoms with Crippen LogP contribution in [0.4, 0.5) is 0 Å². The van der Waals surface area contributed by atoms with Crippen LogP contribution in [0.15, 0.2) is 0 Å². The zero-order chi connectivity index (χ0) is 9.97. The van der Waals surface area contributed by atoms with Crippen LogP contribution in [0.25, 0.3) is 0 Å². The molecule has 0 saturated carbocycles. The number of nitrogens with one attached hydrogen (secondary N) is 2. The van der Waals surface area contributed by atoms with Gasteiger partial charge in [0.25, 0.3) is 0 Å². The van der Waals surface area contributed by atoms with E-state index in [0.717, 1.165) is 13.1 Å². The van der Waals surface area contributed by atoms with Gasteiger partial charge in [0.2, 0.25) is 5.91 Å². The van der Waals surface area contributed by atoms with Gasteiger partial charge in [0.15, 0.2) is 0 Å². The average Bonchev–Trinajstić information content (AvgIpc) is 2.18. The molecule has 2 rings (SSSR count). The first kappa shape index (κ1) is 9.93. The normalized spacial score (nSPS) is 35.4. The lowest BCUT2D eigenvalue weighted by atomic mass is 10.1. The maximum absolute atomic E-state index is 11.3. The van der Waals surface area contributed by atoms with Crippen LogP contribution < -0.4 is 10.6 Å². The van der Waals surface area contributed by atoms with Crippen LogP contribution in [-0.4, -0.2) is 42.6 Å². The van der Waals surface area contributed by atoms with Crippen molar-refractivity contribution in [1.29, 1.82) is 0 Å². The minimum absolute atomic E-state index is 0.163. The molecule has 0 aliphatic carbocycles. The molecule has 2 aliphatic rings. The molecule has 0 aromatic rings. The van der Waals surface area contributed by atoms with E-state index in [0.29, 0.717) is 18.8 Å². The van der Waals surface area contributed by atoms with Crippen LogP contribution in [0.2, 0.25) is 0 Å². The van der Waals surface area contributed by atoms with Crippen LogP contribution in [0.5, 0.6) is 0 Å². The topological polar surface area (TPSA) is 44.4 Å². The van der Waals surface area contributed by atoms with E-state index in [4.69, 9.17) is 0 Å². The van der Waals surface area contributed by atoms with Crippen molar-refractivity contribution in [3.63, 3.8) is 0 Å². The van der Waals surface area contributed by atoms with Gasteiger partial charge in [-0.2, -0.15) is 0 Å². The molecule has 1 amide bonds. The molecule has 4 nitrogen and oxygen atoms in total. The molecule has 0 bridgehead atoms. The fourth-order valence-electron chi connectivity index (χ4n) is 2.35. The van der Waals surface area contributed by atoms with Gasteiger partial charge in [-0.05, 0) is 32.7 Å². The fourth-order valence-corrected chi connectivity index (χ4v) is 2.35. The van der Waals surface area contributed by atoms with E-state index in [9.17, 15) is 4.79 Å². The highest BCUT2D eigenvalue weighted by Crippen LogP contribution is 2.13. The number of amides is 1. The van der Waals surface area contributed by atoms with Gasteiger partial charge in [-0.25, -0.2) is 0 Å². The summed E-state index contributed by atoms with van der Waals surface area (Å²) in [6.45, 7) is 4.69. The first-order chi connectivity index (χ1) is 6.75. The van der Waals surface area contributed by atoms with Gasteiger partial charge >= 0.3 is 0 Å². The molecule has 14 heavy (non-hydrogen) atoms. The monoisotopic (exact) mass is 197 g/mol. The summed E-state index contributed by atoms with van der Waals surface area (Å²) >= 11 is 0. The quantitative estimate of drug-likeness (QED) is 0.617. The van der Waals surface area contributed by atoms with Gasteiger partial charge in [-0.3, -0.25) is 9.69 Å². The number of carbonyl (C=O) groups excluding carboxylic acids is 1. The van der Waals surface area contributed by atoms with Crippen molar-refractivity contribution in [2.75, 3.05) is 19.6 Å². The Labute approximate surface area is 85.0 Å². The Kier molecular flexibility index (Phi) is 3.03. The Morgan fingerprint density at radius 2 is 2.29 bits per heavy atom. The summed E-state index contributed by atoms with van der Waals surface area (Å²) in [7, 11) is 0. The van der Waals surface area contributed by atoms with Gasteiger partial charge in [-0.1, -0.05) is 0 Å². The number of hydrogen-bond acceptors (Lipinski definition) is 3. The Hall–Kier alpha value is -0.610. The lowest BCUT2D eigenvalue weighted by Crippen LogP contribution is -2.59. The number of rotatable bonds is 1. The molecule has 2 aliphatic heterocycles. The summed E-state index contributed by atoms with van der Waals surface area (Å²) in [6, 6.07) is 0.292. The zero-order valence-corrected chi connectivity index (χ0v) is 8.75. The molecule has 2 unspecified atom stereocenters. The summed E-state index contributed by atoms with van der Waals surface area (Å²) in [5.74, 6) is 0.163. The average molecular weight is 197 g/mol. The van der Waals surface area contributed by atoms with Crippen LogP contribution in [0.3, 0.4) is 0 Å². The number of carbonyl (C=O) groups is 1. The summed E-state index contributed by atoms with van der Waals surface area (Å²) in [5.41, 5.74) is 0. The summed E-state index contributed by atoms with van der Waals surface area (Å²) in [4.78, 5) is 13.6. The van der Waals surface area contributed by atoms with E-state index in [1.54, 1.807) is 0 Å². The lowest BCUT2D eigenvalue weighted by Gasteiger charge is -2.39. The van der Waals surface area contributed by atoms with Crippen LogP contribution in [0, 0.1) is 0 Å². The molecule has 2 atom stereocenters. The molecular formula is C10H19N3O. The highest BCUT2D eigenvalue weighted by molar-refractivity contribution is 5.79. The molecule has 2 saturated heterocycles. The van der Waals surface area contributed by atoms with E-state index in [1.165, 1.54) is 19.3 Å². The zero-order valence-electron chi connectivity index (χ0n) is 8.75. The predicted octanol–water partition coefficient (Wildman–Crippen LogP) is -0.0937. The van der Waals surface area contributed by atoms with E-state index < -0.39 is 0 Å². The Morgan fingerprint density at radius 1 is 1.43 bits per heavy atom. The summed E-state index contributed by atoms with van der Waals surface area (Å²) < 4.78 is 0. The first-order valence-corrected chi connectivity index (χ1v) is 5.52. The summed E-state index contributed by atoms with van der Waals surface area (Å²) in [6.07, 6.45) is 4.16. The van der Waals surface area contributed by atoms with Crippen molar-refractivity contribution in [1.82, 2.24) is 15.5 Å². The van der Waals surface area contributed by atoms with E-state index in [-0.39, 0.29) is 5.91 Å². The number of piperidine rings is 1. The van der Waals surface area contributed by atoms with E-state index in [2.05, 4.69) is 22.5 Å². The molecule has 0 radical (unpaired) electrons. The van der Waals surface area contributed by atoms with Crippen molar-refractivity contribution in [2.45, 2.75) is 38.4 Å². The highest BCUT2D eigenvalue weighted by Gasteiger charge is 2.27. The third-order valence-electron chi connectivity index (χ3n) is 2.99. The molecule has 2 heterocycles. The number of piperazine rings is 1. The fraction of sp³-hybridized carbons (Fsp3) is 0.900. The second-order valence-corrected chi connectivity index (χ2v) is 4.36. The molecule has 2 N–H and O–H groups in total. The largest absolute Gasteiger partial charge is 0.351 e. The van der Waals surface area contributed by atoms with Gasteiger partial charge in [0.05, 0.1) is 12.7 Å². The highest BCUT2D eigenvalue weighted by atomic mass is 16.2. The van der Waals surface area contributed by atoms with Gasteiger partial charge in [0, 0.05) is 12.6 Å². The molecular weight excluding hydrogens is 178 g/mol. The van der Waals surface area contributed by atoms with Crippen LogP contribution in [-0.2, 0) is 4.79 Å². The maximum Gasteiger partial charge on any atom is 0.234 e. The van der Waals surface area contributed by atoms with Gasteiger partial charge in [-0.15, -0.1) is 0 Å². The standard InChI is InChI=1S/C10H19N3O/c1-8-6-13(7-10(14)12-8)9-4-2-3-5-11-9/h8-9,11H,2-7H2,1H3,(H,12,14). The van der Waals surface area contributed by atoms with Crippen molar-refractivity contribution in [3.8, 4) is 0 Å². The first-order valence-electron chi connectivity index (χ1n) is 5.52. The maximum atomic E-state index is 11.3. The van der Waals surface area contributed by atoms with Crippen LogP contribution in [0.1, 0.15) is 26.2 Å². The smallest absolute Gasteiger partial charge is 0.234 e. The van der Waals surface area contributed by atoms with Crippen LogP contribution >= 0.6 is 0 Å². The minimum atomic E-state index is 0.163. The molecule has 0 aromatic carbocycles. The third kappa shape index (κ3) is 2.25. The Morgan fingerprint density at radius 3 is 2.93 bits per heavy atom. The molecule has 0 spiro atoms. The van der Waals surface area contributed by atoms with Crippen molar-refractivity contribution < 1.29 is 4.79 Å². The SMILES string of the molecule is CC1CN(C2CCCCN2)CC(=O)N1. The Bertz CT molecular complexity index is 213. The lowest BCUT2D eigenvalue weighted by molar-refractivity contribution is -0.126. The third-order valence-corrected chi connectivity index (χ3v) is 2.99. The van der Waals surface area contributed by atoms with Crippen molar-refractivity contribution in [2.24, 2.45) is 0 Å². The number of nitrogens with zero attached hydrogens (tertiary/aromatic N) is 1. The second kappa shape index (κ2) is 4.28. The van der Waals surface area contributed by atoms with Gasteiger partial charge in [0.1, 0.15) is 0 Å². The van der Waals surface area contributed by atoms with Crippen molar-refractivity contribution >= 4 is 5.91 Å². The van der Waals surface area contributed by atoms with E-state index in [1.807, 2.05) is 0 Å². The molecule has 0 aromatic heterocycles. The number of hydrogen-bond donors (Lipinski definition) is 2. The van der Waals surface area contributed by atoms with Crippen molar-refractivity contribution in [3.05, 3.63) is 0 Å². The molecule has 4 heteroatoms. The summed E-state index contributed by atoms with van der Waals surface area (Å²) in [5, 5.41) is 6.42. The Balaban J connectivity index is 1.91. The minimum Gasteiger partial charge on any atom is -0.351 e. The predicted molar refractivity (Wildman–Crippen MR) is 54.8 cm³/mol. The molecule has 80 valence electrons. The second-order valence-electron chi connectivity index (χ2n) is 4.36.